The van der Waals surface area contributed by atoms with Crippen LogP contribution in [0.15, 0.2) is 60.7 Å². The van der Waals surface area contributed by atoms with Crippen LogP contribution in [0.3, 0.4) is 0 Å². The summed E-state index contributed by atoms with van der Waals surface area (Å²) in [5.41, 5.74) is 7.95. The van der Waals surface area contributed by atoms with Gasteiger partial charge < -0.3 is 14.6 Å². The van der Waals surface area contributed by atoms with E-state index in [1.165, 1.54) is 22.3 Å². The minimum Gasteiger partial charge on any atom is -0.496 e. The van der Waals surface area contributed by atoms with Crippen LogP contribution in [0.25, 0.3) is 11.0 Å². The molecule has 1 aromatic heterocycles. The average Bonchev–Trinajstić information content (AvgIpc) is 3.16. The Morgan fingerprint density at radius 1 is 1.00 bits per heavy atom. The third-order valence-corrected chi connectivity index (χ3v) is 6.10. The van der Waals surface area contributed by atoms with Crippen molar-refractivity contribution in [3.8, 4) is 5.75 Å². The smallest absolute Gasteiger partial charge is 0.255 e. The van der Waals surface area contributed by atoms with Crippen LogP contribution in [-0.4, -0.2) is 29.1 Å². The molecule has 4 aromatic rings. The van der Waals surface area contributed by atoms with E-state index in [0.717, 1.165) is 36.2 Å². The number of nitrogens with one attached hydrogen (secondary N) is 1. The Kier molecular flexibility index (Phi) is 6.78. The van der Waals surface area contributed by atoms with E-state index in [1.807, 2.05) is 18.2 Å². The first kappa shape index (κ1) is 22.6. The number of nitrogens with zero attached hydrogens (tertiary/aromatic N) is 2. The fourth-order valence-electron chi connectivity index (χ4n) is 4.49. The second-order valence-electron chi connectivity index (χ2n) is 8.54. The zero-order valence-corrected chi connectivity index (χ0v) is 19.8. The maximum atomic E-state index is 12.6. The van der Waals surface area contributed by atoms with Gasteiger partial charge in [-0.1, -0.05) is 42.0 Å². The molecule has 1 N–H and O–H groups in total. The first-order valence-electron chi connectivity index (χ1n) is 11.4. The van der Waals surface area contributed by atoms with Gasteiger partial charge in [0.05, 0.1) is 23.7 Å². The van der Waals surface area contributed by atoms with Gasteiger partial charge in [-0.05, 0) is 68.1 Å². The van der Waals surface area contributed by atoms with Gasteiger partial charge in [0.25, 0.3) is 5.91 Å². The molecule has 5 heteroatoms. The summed E-state index contributed by atoms with van der Waals surface area (Å²) >= 11 is 0. The Morgan fingerprint density at radius 3 is 2.45 bits per heavy atom. The van der Waals surface area contributed by atoms with Crippen molar-refractivity contribution in [3.05, 3.63) is 94.3 Å². The molecule has 1 amide bonds. The molecule has 33 heavy (non-hydrogen) atoms. The third kappa shape index (κ3) is 4.92. The molecule has 0 bridgehead atoms. The summed E-state index contributed by atoms with van der Waals surface area (Å²) in [6.45, 7) is 7.87. The number of carbonyl (C=O) groups excluding carboxylic acids is 1. The van der Waals surface area contributed by atoms with Crippen LogP contribution in [-0.2, 0) is 13.0 Å². The Hall–Kier alpha value is -3.60. The molecule has 5 nitrogen and oxygen atoms in total. The van der Waals surface area contributed by atoms with Gasteiger partial charge in [-0.2, -0.15) is 0 Å². The molecule has 170 valence electrons. The second-order valence-corrected chi connectivity index (χ2v) is 8.54. The number of aryl methyl sites for hydroxylation is 4. The van der Waals surface area contributed by atoms with Crippen molar-refractivity contribution in [1.82, 2.24) is 14.9 Å². The Labute approximate surface area is 195 Å². The standard InChI is InChI=1S/C28H31N3O2/c1-19-16-20(2)23(21(3)17-19)18-31-25-12-7-6-11-24(25)30-27(31)14-9-15-29-28(32)22-10-5-8-13-26(22)33-4/h5-8,10-13,16-17H,9,14-15,18H2,1-4H3,(H,29,32). The first-order chi connectivity index (χ1) is 16.0. The number of imidazole rings is 1. The molecule has 0 atom stereocenters. The predicted octanol–water partition coefficient (Wildman–Crippen LogP) is 5.38. The van der Waals surface area contributed by atoms with Crippen LogP contribution in [0.4, 0.5) is 0 Å². The summed E-state index contributed by atoms with van der Waals surface area (Å²) in [4.78, 5) is 17.5. The van der Waals surface area contributed by atoms with Crippen molar-refractivity contribution in [2.75, 3.05) is 13.7 Å². The molecule has 0 aliphatic rings. The third-order valence-electron chi connectivity index (χ3n) is 6.10. The highest BCUT2D eigenvalue weighted by atomic mass is 16.5. The van der Waals surface area contributed by atoms with Gasteiger partial charge in [0, 0.05) is 19.5 Å². The van der Waals surface area contributed by atoms with E-state index in [1.54, 1.807) is 19.2 Å². The number of aromatic nitrogens is 2. The van der Waals surface area contributed by atoms with Crippen LogP contribution in [0.2, 0.25) is 0 Å². The van der Waals surface area contributed by atoms with Crippen molar-refractivity contribution >= 4 is 16.9 Å². The molecule has 3 aromatic carbocycles. The summed E-state index contributed by atoms with van der Waals surface area (Å²) in [6, 6.07) is 20.1. The summed E-state index contributed by atoms with van der Waals surface area (Å²) in [7, 11) is 1.58. The highest BCUT2D eigenvalue weighted by Crippen LogP contribution is 2.23. The quantitative estimate of drug-likeness (QED) is 0.374. The summed E-state index contributed by atoms with van der Waals surface area (Å²) in [6.07, 6.45) is 1.58. The van der Waals surface area contributed by atoms with Crippen LogP contribution in [0.1, 0.15) is 44.9 Å². The minimum absolute atomic E-state index is 0.119. The monoisotopic (exact) mass is 441 g/mol. The summed E-state index contributed by atoms with van der Waals surface area (Å²) < 4.78 is 7.62. The van der Waals surface area contributed by atoms with E-state index in [0.29, 0.717) is 17.9 Å². The fraction of sp³-hybridized carbons (Fsp3) is 0.286. The van der Waals surface area contributed by atoms with Crippen LogP contribution in [0, 0.1) is 20.8 Å². The second kappa shape index (κ2) is 9.90. The van der Waals surface area contributed by atoms with Gasteiger partial charge in [0.1, 0.15) is 11.6 Å². The van der Waals surface area contributed by atoms with Gasteiger partial charge in [0.15, 0.2) is 0 Å². The van der Waals surface area contributed by atoms with E-state index < -0.39 is 0 Å². The van der Waals surface area contributed by atoms with E-state index >= 15 is 0 Å². The number of hydrogen-bond donors (Lipinski definition) is 1. The number of ether oxygens (including phenoxy) is 1. The molecule has 0 saturated carbocycles. The molecular formula is C28H31N3O2. The highest BCUT2D eigenvalue weighted by molar-refractivity contribution is 5.96. The van der Waals surface area contributed by atoms with Gasteiger partial charge in [0.2, 0.25) is 0 Å². The van der Waals surface area contributed by atoms with Crippen LogP contribution < -0.4 is 10.1 Å². The molecule has 0 aliphatic heterocycles. The van der Waals surface area contributed by atoms with E-state index in [9.17, 15) is 4.79 Å². The van der Waals surface area contributed by atoms with Gasteiger partial charge >= 0.3 is 0 Å². The summed E-state index contributed by atoms with van der Waals surface area (Å²) in [5.74, 6) is 1.51. The lowest BCUT2D eigenvalue weighted by molar-refractivity contribution is 0.0950. The molecule has 0 aliphatic carbocycles. The maximum Gasteiger partial charge on any atom is 0.255 e. The number of benzene rings is 3. The Bertz CT molecular complexity index is 1270. The number of para-hydroxylation sites is 3. The lowest BCUT2D eigenvalue weighted by atomic mass is 9.99. The lowest BCUT2D eigenvalue weighted by Crippen LogP contribution is -2.25. The number of hydrogen-bond acceptors (Lipinski definition) is 3. The zero-order valence-electron chi connectivity index (χ0n) is 19.8. The molecule has 0 saturated heterocycles. The topological polar surface area (TPSA) is 56.1 Å². The number of carbonyl (C=O) groups is 1. The number of fused-ring (bicyclic) bond motifs is 1. The van der Waals surface area contributed by atoms with Crippen molar-refractivity contribution in [3.63, 3.8) is 0 Å². The van der Waals surface area contributed by atoms with Crippen molar-refractivity contribution < 1.29 is 9.53 Å². The van der Waals surface area contributed by atoms with Crippen LogP contribution >= 0.6 is 0 Å². The largest absolute Gasteiger partial charge is 0.496 e. The Balaban J connectivity index is 1.50. The van der Waals surface area contributed by atoms with Crippen molar-refractivity contribution in [2.45, 2.75) is 40.2 Å². The summed E-state index contributed by atoms with van der Waals surface area (Å²) in [5, 5.41) is 3.02. The van der Waals surface area contributed by atoms with E-state index in [2.05, 4.69) is 61.0 Å². The van der Waals surface area contributed by atoms with Gasteiger partial charge in [-0.25, -0.2) is 4.98 Å². The fourth-order valence-corrected chi connectivity index (χ4v) is 4.49. The predicted molar refractivity (Wildman–Crippen MR) is 133 cm³/mol. The van der Waals surface area contributed by atoms with E-state index in [4.69, 9.17) is 9.72 Å². The SMILES string of the molecule is COc1ccccc1C(=O)NCCCc1nc2ccccc2n1Cc1c(C)cc(C)cc1C. The molecule has 0 spiro atoms. The normalized spacial score (nSPS) is 11.0. The molecule has 0 radical (unpaired) electrons. The molecule has 1 heterocycles. The zero-order chi connectivity index (χ0) is 23.4. The lowest BCUT2D eigenvalue weighted by Gasteiger charge is -2.15. The highest BCUT2D eigenvalue weighted by Gasteiger charge is 2.14. The van der Waals surface area contributed by atoms with Gasteiger partial charge in [-0.3, -0.25) is 4.79 Å². The van der Waals surface area contributed by atoms with Crippen molar-refractivity contribution in [2.24, 2.45) is 0 Å². The molecular weight excluding hydrogens is 410 g/mol. The molecule has 4 rings (SSSR count). The molecule has 0 fully saturated rings. The minimum atomic E-state index is -0.119. The number of rotatable bonds is 8. The first-order valence-corrected chi connectivity index (χ1v) is 11.4. The van der Waals surface area contributed by atoms with E-state index in [-0.39, 0.29) is 5.91 Å². The van der Waals surface area contributed by atoms with Gasteiger partial charge in [-0.15, -0.1) is 0 Å². The van der Waals surface area contributed by atoms with Crippen LogP contribution in [0.5, 0.6) is 5.75 Å². The van der Waals surface area contributed by atoms with Crippen molar-refractivity contribution in [1.29, 1.82) is 0 Å². The maximum absolute atomic E-state index is 12.6. The number of methoxy groups -OCH3 is 1. The Morgan fingerprint density at radius 2 is 1.70 bits per heavy atom. The number of amides is 1. The molecule has 0 unspecified atom stereocenters. The average molecular weight is 442 g/mol.